The second-order valence-corrected chi connectivity index (χ2v) is 6.90. The first-order valence-corrected chi connectivity index (χ1v) is 10.00. The Bertz CT molecular complexity index is 1380. The molecule has 0 spiro atoms. The first kappa shape index (κ1) is 22.9. The van der Waals surface area contributed by atoms with Crippen molar-refractivity contribution < 1.29 is 23.7 Å². The first-order chi connectivity index (χ1) is 17.0. The Balaban J connectivity index is 1.59. The number of carbonyl (C=O) groups is 2. The number of hydrazone groups is 1. The number of nitrogen functional groups attached to an aromatic ring is 1. The zero-order valence-electron chi connectivity index (χ0n) is 18.3. The maximum atomic E-state index is 13.1. The smallest absolute Gasteiger partial charge is 0.292 e. The lowest BCUT2D eigenvalue weighted by molar-refractivity contribution is -0.119. The number of amides is 2. The minimum Gasteiger partial charge on any atom is -0.493 e. The van der Waals surface area contributed by atoms with E-state index in [4.69, 9.17) is 20.9 Å². The maximum Gasteiger partial charge on any atom is 0.292 e. The molecule has 0 atom stereocenters. The Morgan fingerprint density at radius 1 is 1.17 bits per heavy atom. The van der Waals surface area contributed by atoms with Crippen molar-refractivity contribution in [3.8, 4) is 28.6 Å². The molecule has 0 unspecified atom stereocenters. The summed E-state index contributed by atoms with van der Waals surface area (Å²) in [6.45, 7) is -0.295. The van der Waals surface area contributed by atoms with Crippen molar-refractivity contribution in [1.82, 2.24) is 30.7 Å². The third-order valence-electron chi connectivity index (χ3n) is 4.57. The minimum atomic E-state index is -0.638. The number of nitrogens with one attached hydrogen (secondary N) is 1. The van der Waals surface area contributed by atoms with Crippen molar-refractivity contribution in [1.29, 1.82) is 0 Å². The van der Waals surface area contributed by atoms with Crippen molar-refractivity contribution in [2.45, 2.75) is 0 Å². The molecule has 0 aliphatic heterocycles. The van der Waals surface area contributed by atoms with E-state index < -0.39 is 11.8 Å². The maximum absolute atomic E-state index is 13.1. The molecular formula is C21H19N9O5. The number of hydrogen-bond acceptors (Lipinski definition) is 11. The van der Waals surface area contributed by atoms with Gasteiger partial charge in [0.15, 0.2) is 23.8 Å². The Kier molecular flexibility index (Phi) is 6.62. The van der Waals surface area contributed by atoms with Crippen LogP contribution >= 0.6 is 0 Å². The molecule has 0 saturated carbocycles. The van der Waals surface area contributed by atoms with Crippen LogP contribution in [-0.4, -0.2) is 57.1 Å². The van der Waals surface area contributed by atoms with Crippen LogP contribution in [0.3, 0.4) is 0 Å². The van der Waals surface area contributed by atoms with Crippen LogP contribution in [0.2, 0.25) is 0 Å². The summed E-state index contributed by atoms with van der Waals surface area (Å²) >= 11 is 0. The molecular weight excluding hydrogens is 458 g/mol. The highest BCUT2D eigenvalue weighted by atomic mass is 16.6. The summed E-state index contributed by atoms with van der Waals surface area (Å²) in [5.41, 5.74) is 14.8. The molecule has 2 aromatic carbocycles. The average molecular weight is 477 g/mol. The number of aromatic nitrogens is 5. The van der Waals surface area contributed by atoms with Gasteiger partial charge in [0, 0.05) is 5.56 Å². The van der Waals surface area contributed by atoms with Crippen LogP contribution in [-0.2, 0) is 4.79 Å². The van der Waals surface area contributed by atoms with Crippen LogP contribution in [0.25, 0.3) is 17.1 Å². The summed E-state index contributed by atoms with van der Waals surface area (Å²) in [4.78, 5) is 24.0. The number of primary amides is 1. The first-order valence-electron chi connectivity index (χ1n) is 10.00. The van der Waals surface area contributed by atoms with Crippen LogP contribution in [0.4, 0.5) is 5.82 Å². The summed E-state index contributed by atoms with van der Waals surface area (Å²) < 4.78 is 16.3. The fraction of sp³-hybridized carbons (Fsp3) is 0.0952. The predicted octanol–water partition coefficient (Wildman–Crippen LogP) is 0.536. The number of methoxy groups -OCH3 is 1. The zero-order valence-corrected chi connectivity index (χ0v) is 18.3. The van der Waals surface area contributed by atoms with Crippen LogP contribution < -0.4 is 26.4 Å². The SMILES string of the molecule is COc1cc(/C=N/NC(=O)c2c(-c3ccccc3)nnn2-c2nonc2N)ccc1OCC(N)=O. The zero-order chi connectivity index (χ0) is 24.8. The normalized spacial score (nSPS) is 10.9. The van der Waals surface area contributed by atoms with Crippen LogP contribution in [0.15, 0.2) is 58.3 Å². The molecule has 0 aliphatic carbocycles. The van der Waals surface area contributed by atoms with Gasteiger partial charge >= 0.3 is 0 Å². The lowest BCUT2D eigenvalue weighted by Crippen LogP contribution is -2.22. The molecule has 4 rings (SSSR count). The van der Waals surface area contributed by atoms with E-state index >= 15 is 0 Å². The van der Waals surface area contributed by atoms with Crippen molar-refractivity contribution in [2.24, 2.45) is 10.8 Å². The predicted molar refractivity (Wildman–Crippen MR) is 122 cm³/mol. The highest BCUT2D eigenvalue weighted by molar-refractivity contribution is 5.99. The molecule has 0 radical (unpaired) electrons. The van der Waals surface area contributed by atoms with Gasteiger partial charge < -0.3 is 20.9 Å². The standard InChI is InChI=1S/C21H19N9O5/c1-33-15-9-12(7-8-14(15)34-11-16(22)31)10-24-26-21(32)18-17(13-5-3-2-4-6-13)25-29-30(18)20-19(23)27-35-28-20/h2-10H,11H2,1H3,(H2,22,31)(H2,23,27)(H,26,32)/b24-10+. The second kappa shape index (κ2) is 10.1. The number of benzene rings is 2. The van der Waals surface area contributed by atoms with Crippen molar-refractivity contribution in [2.75, 3.05) is 19.5 Å². The molecule has 4 aromatic rings. The lowest BCUT2D eigenvalue weighted by atomic mass is 10.1. The molecule has 2 heterocycles. The van der Waals surface area contributed by atoms with Crippen molar-refractivity contribution >= 4 is 23.8 Å². The molecule has 0 bridgehead atoms. The average Bonchev–Trinajstić information content (AvgIpc) is 3.49. The van der Waals surface area contributed by atoms with Crippen LogP contribution in [0.1, 0.15) is 16.1 Å². The Morgan fingerprint density at radius 2 is 1.97 bits per heavy atom. The summed E-state index contributed by atoms with van der Waals surface area (Å²) in [6, 6.07) is 13.8. The van der Waals surface area contributed by atoms with E-state index in [1.807, 2.05) is 6.07 Å². The fourth-order valence-corrected chi connectivity index (χ4v) is 3.01. The fourth-order valence-electron chi connectivity index (χ4n) is 3.01. The van der Waals surface area contributed by atoms with Gasteiger partial charge in [-0.2, -0.15) is 9.78 Å². The molecule has 0 saturated heterocycles. The van der Waals surface area contributed by atoms with Gasteiger partial charge in [-0.15, -0.1) is 5.10 Å². The Labute approximate surface area is 197 Å². The van der Waals surface area contributed by atoms with E-state index in [1.165, 1.54) is 13.3 Å². The third-order valence-corrected chi connectivity index (χ3v) is 4.57. The van der Waals surface area contributed by atoms with Crippen molar-refractivity contribution in [3.05, 3.63) is 59.8 Å². The van der Waals surface area contributed by atoms with Gasteiger partial charge in [-0.25, -0.2) is 10.1 Å². The molecule has 178 valence electrons. The summed E-state index contributed by atoms with van der Waals surface area (Å²) in [7, 11) is 1.44. The van der Waals surface area contributed by atoms with Crippen molar-refractivity contribution in [3.63, 3.8) is 0 Å². The Morgan fingerprint density at radius 3 is 2.66 bits per heavy atom. The van der Waals surface area contributed by atoms with Gasteiger partial charge in [-0.1, -0.05) is 35.5 Å². The van der Waals surface area contributed by atoms with Gasteiger partial charge in [0.1, 0.15) is 5.69 Å². The number of nitrogens with two attached hydrogens (primary N) is 2. The number of hydrogen-bond donors (Lipinski definition) is 3. The molecule has 14 heteroatoms. The highest BCUT2D eigenvalue weighted by Gasteiger charge is 2.25. The van der Waals surface area contributed by atoms with Gasteiger partial charge in [0.2, 0.25) is 11.6 Å². The molecule has 2 aromatic heterocycles. The number of anilines is 1. The number of rotatable bonds is 9. The quantitative estimate of drug-likeness (QED) is 0.226. The van der Waals surface area contributed by atoms with E-state index in [2.05, 4.69) is 35.8 Å². The van der Waals surface area contributed by atoms with E-state index in [0.29, 0.717) is 22.6 Å². The van der Waals surface area contributed by atoms with Gasteiger partial charge in [0.25, 0.3) is 11.8 Å². The molecule has 0 aliphatic rings. The molecule has 5 N–H and O–H groups in total. The van der Waals surface area contributed by atoms with E-state index in [-0.39, 0.29) is 29.6 Å². The third kappa shape index (κ3) is 5.05. The summed E-state index contributed by atoms with van der Waals surface area (Å²) in [6.07, 6.45) is 1.39. The monoisotopic (exact) mass is 477 g/mol. The van der Waals surface area contributed by atoms with Crippen LogP contribution in [0, 0.1) is 0 Å². The Hall–Kier alpha value is -5.27. The van der Waals surface area contributed by atoms with Crippen LogP contribution in [0.5, 0.6) is 11.5 Å². The molecule has 14 nitrogen and oxygen atoms in total. The second-order valence-electron chi connectivity index (χ2n) is 6.90. The molecule has 2 amide bonds. The minimum absolute atomic E-state index is 0.00472. The summed E-state index contributed by atoms with van der Waals surface area (Å²) in [5.74, 6) is -0.645. The van der Waals surface area contributed by atoms with Gasteiger partial charge in [0.05, 0.1) is 13.3 Å². The molecule has 35 heavy (non-hydrogen) atoms. The lowest BCUT2D eigenvalue weighted by Gasteiger charge is -2.09. The molecule has 0 fully saturated rings. The van der Waals surface area contributed by atoms with E-state index in [0.717, 1.165) is 4.68 Å². The van der Waals surface area contributed by atoms with E-state index in [9.17, 15) is 9.59 Å². The largest absolute Gasteiger partial charge is 0.493 e. The number of carbonyl (C=O) groups excluding carboxylic acids is 2. The van der Waals surface area contributed by atoms with Gasteiger partial charge in [-0.05, 0) is 34.1 Å². The topological polar surface area (TPSA) is 199 Å². The number of nitrogens with zero attached hydrogens (tertiary/aromatic N) is 6. The van der Waals surface area contributed by atoms with Gasteiger partial charge in [-0.3, -0.25) is 9.59 Å². The summed E-state index contributed by atoms with van der Waals surface area (Å²) in [5, 5.41) is 19.3. The highest BCUT2D eigenvalue weighted by Crippen LogP contribution is 2.27. The number of ether oxygens (including phenoxy) is 2. The van der Waals surface area contributed by atoms with E-state index in [1.54, 1.807) is 42.5 Å².